The summed E-state index contributed by atoms with van der Waals surface area (Å²) in [7, 11) is 0. The first kappa shape index (κ1) is 14.5. The summed E-state index contributed by atoms with van der Waals surface area (Å²) in [5, 5.41) is 10.7. The van der Waals surface area contributed by atoms with Crippen LogP contribution in [0.3, 0.4) is 0 Å². The third-order valence-electron chi connectivity index (χ3n) is 5.93. The number of hydrogen-bond donors (Lipinski definition) is 1. The van der Waals surface area contributed by atoms with Crippen LogP contribution in [-0.4, -0.2) is 45.4 Å². The van der Waals surface area contributed by atoms with E-state index in [1.807, 2.05) is 0 Å². The zero-order chi connectivity index (χ0) is 16.6. The minimum Gasteiger partial charge on any atom is -0.507 e. The lowest BCUT2D eigenvalue weighted by atomic mass is 9.74. The van der Waals surface area contributed by atoms with E-state index in [1.165, 1.54) is 6.92 Å². The van der Waals surface area contributed by atoms with Crippen LogP contribution in [0.4, 0.5) is 0 Å². The van der Waals surface area contributed by atoms with Gasteiger partial charge in [0.1, 0.15) is 5.54 Å². The standard InChI is InChI=1S/C17H19NO5/c1-9-11-5-3-6-12(19)18-8-4-7-16(11,18)17(13(9)20)14(21)10(2)15(22)23-17/h21H,3-8H2,1-2H3/t16-,17+/m1/s1. The topological polar surface area (TPSA) is 83.9 Å². The summed E-state index contributed by atoms with van der Waals surface area (Å²) >= 11 is 0. The summed E-state index contributed by atoms with van der Waals surface area (Å²) in [5.41, 5.74) is -1.34. The fourth-order valence-electron chi connectivity index (χ4n) is 4.95. The van der Waals surface area contributed by atoms with Gasteiger partial charge in [0.05, 0.1) is 5.57 Å². The van der Waals surface area contributed by atoms with E-state index < -0.39 is 17.1 Å². The van der Waals surface area contributed by atoms with Crippen LogP contribution in [0.2, 0.25) is 0 Å². The van der Waals surface area contributed by atoms with Gasteiger partial charge in [0, 0.05) is 13.0 Å². The SMILES string of the molecule is CC1=C(O)[C@@]2(OC1=O)C(=O)C(C)=C1CCCC(=O)N3CCC[C@]132. The Morgan fingerprint density at radius 3 is 2.48 bits per heavy atom. The van der Waals surface area contributed by atoms with Crippen molar-refractivity contribution < 1.29 is 24.2 Å². The Hall–Kier alpha value is -2.11. The summed E-state index contributed by atoms with van der Waals surface area (Å²) in [6.07, 6.45) is 2.96. The van der Waals surface area contributed by atoms with Crippen LogP contribution in [-0.2, 0) is 19.1 Å². The molecule has 0 saturated carbocycles. The molecule has 2 spiro atoms. The molecule has 0 aromatic heterocycles. The molecule has 122 valence electrons. The van der Waals surface area contributed by atoms with Crippen molar-refractivity contribution in [2.75, 3.05) is 6.54 Å². The Balaban J connectivity index is 2.05. The molecule has 2 saturated heterocycles. The highest BCUT2D eigenvalue weighted by Gasteiger charge is 2.75. The molecule has 4 rings (SSSR count). The maximum absolute atomic E-state index is 13.1. The number of aliphatic hydroxyl groups is 1. The van der Waals surface area contributed by atoms with Crippen LogP contribution >= 0.6 is 0 Å². The highest BCUT2D eigenvalue weighted by molar-refractivity contribution is 6.14. The van der Waals surface area contributed by atoms with Crippen molar-refractivity contribution in [3.8, 4) is 0 Å². The van der Waals surface area contributed by atoms with Gasteiger partial charge in [0.25, 0.3) is 5.60 Å². The third kappa shape index (κ3) is 1.34. The lowest BCUT2D eigenvalue weighted by molar-refractivity contribution is -0.169. The summed E-state index contributed by atoms with van der Waals surface area (Å²) in [6.45, 7) is 3.70. The van der Waals surface area contributed by atoms with Crippen molar-refractivity contribution in [2.45, 2.75) is 57.1 Å². The van der Waals surface area contributed by atoms with Gasteiger partial charge >= 0.3 is 5.97 Å². The number of esters is 1. The lowest BCUT2D eigenvalue weighted by Crippen LogP contribution is -2.64. The molecule has 2 atom stereocenters. The number of carbonyl (C=O) groups excluding carboxylic acids is 3. The maximum Gasteiger partial charge on any atom is 0.338 e. The molecule has 0 bridgehead atoms. The van der Waals surface area contributed by atoms with Gasteiger partial charge in [-0.1, -0.05) is 0 Å². The van der Waals surface area contributed by atoms with Gasteiger partial charge in [-0.3, -0.25) is 9.59 Å². The van der Waals surface area contributed by atoms with Crippen molar-refractivity contribution in [2.24, 2.45) is 0 Å². The van der Waals surface area contributed by atoms with Crippen molar-refractivity contribution in [3.05, 3.63) is 22.5 Å². The molecule has 0 aromatic carbocycles. The number of ketones is 1. The molecule has 4 aliphatic rings. The number of ether oxygens (including phenoxy) is 1. The quantitative estimate of drug-likeness (QED) is 0.685. The largest absolute Gasteiger partial charge is 0.507 e. The van der Waals surface area contributed by atoms with Gasteiger partial charge in [-0.25, -0.2) is 4.79 Å². The van der Waals surface area contributed by atoms with E-state index in [-0.39, 0.29) is 23.0 Å². The smallest absolute Gasteiger partial charge is 0.338 e. The first-order valence-corrected chi connectivity index (χ1v) is 8.07. The van der Waals surface area contributed by atoms with E-state index in [0.717, 1.165) is 12.0 Å². The molecular formula is C17H19NO5. The summed E-state index contributed by atoms with van der Waals surface area (Å²) < 4.78 is 5.55. The number of rotatable bonds is 0. The normalized spacial score (nSPS) is 36.8. The summed E-state index contributed by atoms with van der Waals surface area (Å²) in [5.74, 6) is -1.41. The van der Waals surface area contributed by atoms with Crippen molar-refractivity contribution in [1.29, 1.82) is 0 Å². The molecule has 0 unspecified atom stereocenters. The molecule has 6 heteroatoms. The van der Waals surface area contributed by atoms with Gasteiger partial charge in [-0.2, -0.15) is 0 Å². The van der Waals surface area contributed by atoms with Gasteiger partial charge < -0.3 is 14.7 Å². The fraction of sp³-hybridized carbons (Fsp3) is 0.588. The Morgan fingerprint density at radius 1 is 1.09 bits per heavy atom. The lowest BCUT2D eigenvalue weighted by Gasteiger charge is -2.45. The van der Waals surface area contributed by atoms with E-state index in [0.29, 0.717) is 37.8 Å². The minimum absolute atomic E-state index is 0.0345. The Bertz CT molecular complexity index is 733. The third-order valence-corrected chi connectivity index (χ3v) is 5.93. The monoisotopic (exact) mass is 317 g/mol. The van der Waals surface area contributed by atoms with Gasteiger partial charge in [-0.05, 0) is 50.7 Å². The van der Waals surface area contributed by atoms with Crippen LogP contribution < -0.4 is 0 Å². The second-order valence-electron chi connectivity index (χ2n) is 6.84. The van der Waals surface area contributed by atoms with Crippen LogP contribution in [0.25, 0.3) is 0 Å². The minimum atomic E-state index is -1.76. The first-order chi connectivity index (χ1) is 10.9. The Labute approximate surface area is 133 Å². The molecule has 0 radical (unpaired) electrons. The van der Waals surface area contributed by atoms with Gasteiger partial charge in [-0.15, -0.1) is 0 Å². The van der Waals surface area contributed by atoms with E-state index >= 15 is 0 Å². The average Bonchev–Trinajstić information content (AvgIpc) is 3.07. The molecular weight excluding hydrogens is 298 g/mol. The average molecular weight is 317 g/mol. The molecule has 1 amide bonds. The van der Waals surface area contributed by atoms with Crippen LogP contribution in [0.15, 0.2) is 22.5 Å². The van der Waals surface area contributed by atoms with Crippen molar-refractivity contribution in [1.82, 2.24) is 4.90 Å². The number of hydrogen-bond acceptors (Lipinski definition) is 5. The molecule has 23 heavy (non-hydrogen) atoms. The molecule has 1 N–H and O–H groups in total. The molecule has 1 aliphatic carbocycles. The number of aliphatic hydroxyl groups excluding tert-OH is 1. The molecule has 6 nitrogen and oxygen atoms in total. The molecule has 3 aliphatic heterocycles. The van der Waals surface area contributed by atoms with Crippen molar-refractivity contribution >= 4 is 17.7 Å². The number of carbonyl (C=O) groups is 3. The van der Waals surface area contributed by atoms with Crippen LogP contribution in [0.1, 0.15) is 46.0 Å². The molecule has 2 fully saturated rings. The van der Waals surface area contributed by atoms with E-state index in [9.17, 15) is 19.5 Å². The van der Waals surface area contributed by atoms with Crippen LogP contribution in [0, 0.1) is 0 Å². The summed E-state index contributed by atoms with van der Waals surface area (Å²) in [6, 6.07) is 0. The molecule has 3 heterocycles. The second-order valence-corrected chi connectivity index (χ2v) is 6.84. The number of nitrogens with zero attached hydrogens (tertiary/aromatic N) is 1. The maximum atomic E-state index is 13.1. The van der Waals surface area contributed by atoms with E-state index in [2.05, 4.69) is 0 Å². The predicted molar refractivity (Wildman–Crippen MR) is 79.4 cm³/mol. The van der Waals surface area contributed by atoms with Gasteiger partial charge in [0.2, 0.25) is 11.7 Å². The van der Waals surface area contributed by atoms with Gasteiger partial charge in [0.15, 0.2) is 5.76 Å². The predicted octanol–water partition coefficient (Wildman–Crippen LogP) is 1.56. The van der Waals surface area contributed by atoms with Crippen LogP contribution in [0.5, 0.6) is 0 Å². The molecule has 0 aromatic rings. The van der Waals surface area contributed by atoms with Crippen molar-refractivity contribution in [3.63, 3.8) is 0 Å². The Kier molecular flexibility index (Phi) is 2.67. The van der Waals surface area contributed by atoms with E-state index in [1.54, 1.807) is 11.8 Å². The number of amides is 1. The first-order valence-electron chi connectivity index (χ1n) is 8.07. The highest BCUT2D eigenvalue weighted by Crippen LogP contribution is 2.59. The van der Waals surface area contributed by atoms with E-state index in [4.69, 9.17) is 4.74 Å². The summed E-state index contributed by atoms with van der Waals surface area (Å²) in [4.78, 5) is 39.5. The number of Topliss-reactive ketones (excluding diaryl/α,β-unsaturated/α-hetero) is 1. The zero-order valence-corrected chi connectivity index (χ0v) is 13.3. The highest BCUT2D eigenvalue weighted by atomic mass is 16.6. The fourth-order valence-corrected chi connectivity index (χ4v) is 4.95. The Morgan fingerprint density at radius 2 is 1.83 bits per heavy atom. The zero-order valence-electron chi connectivity index (χ0n) is 13.3. The second kappa shape index (κ2) is 4.24.